The Kier molecular flexibility index (Phi) is 2.78. The summed E-state index contributed by atoms with van der Waals surface area (Å²) in [5.74, 6) is 0.298. The van der Waals surface area contributed by atoms with Crippen molar-refractivity contribution in [1.82, 2.24) is 4.98 Å². The molecule has 1 aromatic carbocycles. The molecule has 3 rings (SSSR count). The van der Waals surface area contributed by atoms with Gasteiger partial charge in [-0.05, 0) is 43.0 Å². The number of hydrogen-bond acceptors (Lipinski definition) is 2. The molecule has 1 atom stereocenters. The lowest BCUT2D eigenvalue weighted by molar-refractivity contribution is 0.315. The first kappa shape index (κ1) is 11.6. The molecular weight excluding hydrogens is 294 g/mol. The van der Waals surface area contributed by atoms with Gasteiger partial charge in [0.1, 0.15) is 5.84 Å². The molecule has 0 saturated heterocycles. The third-order valence-electron chi connectivity index (χ3n) is 3.64. The van der Waals surface area contributed by atoms with Gasteiger partial charge >= 0.3 is 0 Å². The lowest BCUT2D eigenvalue weighted by atomic mass is 9.86. The van der Waals surface area contributed by atoms with E-state index in [0.29, 0.717) is 5.84 Å². The van der Waals surface area contributed by atoms with Crippen LogP contribution in [0.25, 0.3) is 10.9 Å². The highest BCUT2D eigenvalue weighted by Crippen LogP contribution is 2.36. The van der Waals surface area contributed by atoms with Crippen molar-refractivity contribution in [2.45, 2.75) is 25.2 Å². The number of fused-ring (bicyclic) bond motifs is 3. The molecule has 0 radical (unpaired) electrons. The first-order valence-corrected chi connectivity index (χ1v) is 6.77. The number of nitrogens with zero attached hydrogens (tertiary/aromatic N) is 1. The summed E-state index contributed by atoms with van der Waals surface area (Å²) in [6.45, 7) is 0. The summed E-state index contributed by atoms with van der Waals surface area (Å²) in [4.78, 5) is 3.42. The Morgan fingerprint density at radius 1 is 1.50 bits per heavy atom. The summed E-state index contributed by atoms with van der Waals surface area (Å²) in [7, 11) is 0. The summed E-state index contributed by atoms with van der Waals surface area (Å²) in [5.41, 5.74) is 9.30. The van der Waals surface area contributed by atoms with Crippen molar-refractivity contribution in [1.29, 1.82) is 0 Å². The topological polar surface area (TPSA) is 74.4 Å². The first-order valence-electron chi connectivity index (χ1n) is 5.98. The van der Waals surface area contributed by atoms with E-state index >= 15 is 0 Å². The van der Waals surface area contributed by atoms with E-state index in [1.54, 1.807) is 0 Å². The summed E-state index contributed by atoms with van der Waals surface area (Å²) >= 11 is 3.50. The maximum Gasteiger partial charge on any atom is 0.148 e. The maximum absolute atomic E-state index is 8.87. The fourth-order valence-corrected chi connectivity index (χ4v) is 3.16. The van der Waals surface area contributed by atoms with Gasteiger partial charge in [-0.3, -0.25) is 0 Å². The fraction of sp³-hybridized carbons (Fsp3) is 0.308. The minimum Gasteiger partial charge on any atom is -0.409 e. The average Bonchev–Trinajstić information content (AvgIpc) is 2.75. The zero-order valence-electron chi connectivity index (χ0n) is 9.78. The number of amidine groups is 1. The molecule has 1 aliphatic carbocycles. The zero-order valence-corrected chi connectivity index (χ0v) is 11.4. The van der Waals surface area contributed by atoms with Crippen LogP contribution in [0.3, 0.4) is 0 Å². The Bertz CT molecular complexity index is 632. The molecule has 0 fully saturated rings. The molecular formula is C13H14BrN3O. The van der Waals surface area contributed by atoms with Crippen molar-refractivity contribution < 1.29 is 5.21 Å². The third kappa shape index (κ3) is 1.70. The summed E-state index contributed by atoms with van der Waals surface area (Å²) in [6, 6.07) is 6.20. The van der Waals surface area contributed by atoms with Crippen molar-refractivity contribution in [3.8, 4) is 0 Å². The van der Waals surface area contributed by atoms with E-state index in [1.165, 1.54) is 10.9 Å². The molecule has 0 spiro atoms. The number of rotatable bonds is 1. The highest BCUT2D eigenvalue weighted by Gasteiger charge is 2.27. The highest BCUT2D eigenvalue weighted by atomic mass is 79.9. The molecule has 0 bridgehead atoms. The SMILES string of the molecule is N/C(=N\O)[C@H]1CCCc2c1[nH]c1ccc(Br)cc21. The lowest BCUT2D eigenvalue weighted by Gasteiger charge is -2.21. The summed E-state index contributed by atoms with van der Waals surface area (Å²) in [6.07, 6.45) is 3.03. The number of benzene rings is 1. The molecule has 18 heavy (non-hydrogen) atoms. The largest absolute Gasteiger partial charge is 0.409 e. The number of nitrogens with one attached hydrogen (secondary N) is 1. The fourth-order valence-electron chi connectivity index (χ4n) is 2.80. The second kappa shape index (κ2) is 4.31. The minimum atomic E-state index is 0.00456. The van der Waals surface area contributed by atoms with E-state index < -0.39 is 0 Å². The van der Waals surface area contributed by atoms with E-state index in [0.717, 1.165) is 34.9 Å². The molecule has 0 saturated carbocycles. The number of oxime groups is 1. The van der Waals surface area contributed by atoms with Crippen molar-refractivity contribution in [3.63, 3.8) is 0 Å². The lowest BCUT2D eigenvalue weighted by Crippen LogP contribution is -2.25. The predicted octanol–water partition coefficient (Wildman–Crippen LogP) is 3.10. The summed E-state index contributed by atoms with van der Waals surface area (Å²) in [5, 5.41) is 13.3. The van der Waals surface area contributed by atoms with Crippen LogP contribution in [-0.4, -0.2) is 16.0 Å². The molecule has 1 heterocycles. The average molecular weight is 308 g/mol. The van der Waals surface area contributed by atoms with Crippen LogP contribution in [0.15, 0.2) is 27.8 Å². The monoisotopic (exact) mass is 307 g/mol. The van der Waals surface area contributed by atoms with Crippen molar-refractivity contribution in [2.75, 3.05) is 0 Å². The number of H-pyrrole nitrogens is 1. The molecule has 4 N–H and O–H groups in total. The second-order valence-electron chi connectivity index (χ2n) is 4.68. The molecule has 1 aromatic heterocycles. The van der Waals surface area contributed by atoms with Crippen LogP contribution in [0.4, 0.5) is 0 Å². The van der Waals surface area contributed by atoms with Crippen LogP contribution in [0.5, 0.6) is 0 Å². The Morgan fingerprint density at radius 3 is 3.11 bits per heavy atom. The number of halogens is 1. The zero-order chi connectivity index (χ0) is 12.7. The normalized spacial score (nSPS) is 20.1. The number of aryl methyl sites for hydroxylation is 1. The van der Waals surface area contributed by atoms with Crippen LogP contribution < -0.4 is 5.73 Å². The molecule has 1 aliphatic rings. The van der Waals surface area contributed by atoms with Gasteiger partial charge in [0.25, 0.3) is 0 Å². The highest BCUT2D eigenvalue weighted by molar-refractivity contribution is 9.10. The first-order chi connectivity index (χ1) is 8.70. The van der Waals surface area contributed by atoms with Gasteiger partial charge in [0.05, 0.1) is 5.92 Å². The van der Waals surface area contributed by atoms with Crippen LogP contribution in [0.1, 0.15) is 30.0 Å². The van der Waals surface area contributed by atoms with E-state index in [2.05, 4.69) is 38.2 Å². The van der Waals surface area contributed by atoms with E-state index in [-0.39, 0.29) is 5.92 Å². The van der Waals surface area contributed by atoms with E-state index in [4.69, 9.17) is 10.9 Å². The molecule has 2 aromatic rings. The predicted molar refractivity (Wildman–Crippen MR) is 75.1 cm³/mol. The Balaban J connectivity index is 2.21. The van der Waals surface area contributed by atoms with Gasteiger partial charge in [-0.25, -0.2) is 0 Å². The van der Waals surface area contributed by atoms with E-state index in [9.17, 15) is 0 Å². The van der Waals surface area contributed by atoms with Crippen molar-refractivity contribution >= 4 is 32.7 Å². The van der Waals surface area contributed by atoms with Crippen LogP contribution >= 0.6 is 15.9 Å². The van der Waals surface area contributed by atoms with Gasteiger partial charge in [-0.15, -0.1) is 0 Å². The van der Waals surface area contributed by atoms with Crippen molar-refractivity contribution in [2.24, 2.45) is 10.9 Å². The number of aromatic nitrogens is 1. The molecule has 0 aliphatic heterocycles. The molecule has 94 valence electrons. The van der Waals surface area contributed by atoms with Gasteiger partial charge < -0.3 is 15.9 Å². The standard InChI is InChI=1S/C13H14BrN3O/c14-7-4-5-11-10(6-7)8-2-1-3-9(12(8)16-11)13(15)17-18/h4-6,9,16,18H,1-3H2,(H2,15,17)/t9-/m0/s1. The second-order valence-corrected chi connectivity index (χ2v) is 5.59. The number of nitrogens with two attached hydrogens (primary N) is 1. The van der Waals surface area contributed by atoms with Gasteiger partial charge in [-0.2, -0.15) is 0 Å². The summed E-state index contributed by atoms with van der Waals surface area (Å²) < 4.78 is 1.07. The number of aromatic amines is 1. The Hall–Kier alpha value is -1.49. The smallest absolute Gasteiger partial charge is 0.148 e. The van der Waals surface area contributed by atoms with Gasteiger partial charge in [-0.1, -0.05) is 21.1 Å². The Morgan fingerprint density at radius 2 is 2.33 bits per heavy atom. The molecule has 0 unspecified atom stereocenters. The van der Waals surface area contributed by atoms with Crippen molar-refractivity contribution in [3.05, 3.63) is 33.9 Å². The van der Waals surface area contributed by atoms with Gasteiger partial charge in [0.2, 0.25) is 0 Å². The number of hydrogen-bond donors (Lipinski definition) is 3. The van der Waals surface area contributed by atoms with Crippen LogP contribution in [-0.2, 0) is 6.42 Å². The van der Waals surface area contributed by atoms with Crippen LogP contribution in [0.2, 0.25) is 0 Å². The van der Waals surface area contributed by atoms with Crippen LogP contribution in [0, 0.1) is 0 Å². The van der Waals surface area contributed by atoms with Gasteiger partial charge in [0.15, 0.2) is 0 Å². The van der Waals surface area contributed by atoms with Gasteiger partial charge in [0, 0.05) is 21.1 Å². The molecule has 4 nitrogen and oxygen atoms in total. The maximum atomic E-state index is 8.87. The van der Waals surface area contributed by atoms with E-state index in [1.807, 2.05) is 6.07 Å². The molecule has 5 heteroatoms. The molecule has 0 amide bonds. The Labute approximate surface area is 113 Å². The quantitative estimate of drug-likeness (QED) is 0.328. The minimum absolute atomic E-state index is 0.00456. The third-order valence-corrected chi connectivity index (χ3v) is 4.13.